The third kappa shape index (κ3) is 3.45. The Morgan fingerprint density at radius 3 is 2.11 bits per heavy atom. The van der Waals surface area contributed by atoms with Crippen LogP contribution in [-0.4, -0.2) is 27.3 Å². The summed E-state index contributed by atoms with van der Waals surface area (Å²) in [6, 6.07) is 0. The molecule has 2 N–H and O–H groups in total. The van der Waals surface area contributed by atoms with Crippen molar-refractivity contribution in [2.24, 2.45) is 5.92 Å². The molecule has 108 valence electrons. The summed E-state index contributed by atoms with van der Waals surface area (Å²) in [5.74, 6) is -1.24. The first-order chi connectivity index (χ1) is 7.97. The molecule has 1 aliphatic rings. The largest absolute Gasteiger partial charge is 0.390 e. The second kappa shape index (κ2) is 5.10. The van der Waals surface area contributed by atoms with E-state index in [-0.39, 0.29) is 12.8 Å². The molecule has 0 spiro atoms. The molecule has 1 rings (SSSR count). The third-order valence-corrected chi connectivity index (χ3v) is 5.52. The lowest BCUT2D eigenvalue weighted by Crippen LogP contribution is -2.44. The Morgan fingerprint density at radius 1 is 1.22 bits per heavy atom. The fourth-order valence-corrected chi connectivity index (χ4v) is 3.75. The van der Waals surface area contributed by atoms with Crippen molar-refractivity contribution in [1.82, 2.24) is 0 Å². The van der Waals surface area contributed by atoms with Crippen LogP contribution in [0.3, 0.4) is 0 Å². The summed E-state index contributed by atoms with van der Waals surface area (Å²) < 4.78 is 62.6. The predicted octanol–water partition coefficient (Wildman–Crippen LogP) is 3.40. The van der Waals surface area contributed by atoms with Crippen molar-refractivity contribution in [3.63, 3.8) is 0 Å². The van der Waals surface area contributed by atoms with Gasteiger partial charge in [-0.2, -0.15) is 13.2 Å². The molecule has 3 unspecified atom stereocenters. The smallest absolute Gasteiger partial charge is 0.324 e. The summed E-state index contributed by atoms with van der Waals surface area (Å²) in [5.41, 5.74) is 0. The van der Waals surface area contributed by atoms with Crippen molar-refractivity contribution < 1.29 is 31.9 Å². The molecular weight excluding hydrogens is 275 g/mol. The summed E-state index contributed by atoms with van der Waals surface area (Å²) in [7, 11) is -5.05. The van der Waals surface area contributed by atoms with E-state index in [1.165, 1.54) is 0 Å². The van der Waals surface area contributed by atoms with Gasteiger partial charge in [-0.05, 0) is 19.8 Å². The Morgan fingerprint density at radius 2 is 1.72 bits per heavy atom. The average molecular weight is 292 g/mol. The van der Waals surface area contributed by atoms with Crippen molar-refractivity contribution in [2.75, 3.05) is 0 Å². The van der Waals surface area contributed by atoms with Gasteiger partial charge in [0.1, 0.15) is 6.17 Å². The van der Waals surface area contributed by atoms with Crippen LogP contribution >= 0.6 is 7.60 Å². The van der Waals surface area contributed by atoms with Gasteiger partial charge in [0.2, 0.25) is 0 Å². The van der Waals surface area contributed by atoms with Gasteiger partial charge in [0.25, 0.3) is 0 Å². The average Bonchev–Trinajstić information content (AvgIpc) is 2.13. The monoisotopic (exact) mass is 292 g/mol. The highest BCUT2D eigenvalue weighted by atomic mass is 31.2. The van der Waals surface area contributed by atoms with Crippen LogP contribution in [-0.2, 0) is 4.57 Å². The first kappa shape index (κ1) is 15.9. The predicted molar refractivity (Wildman–Crippen MR) is 58.0 cm³/mol. The second-order valence-electron chi connectivity index (χ2n) is 5.10. The number of hydrogen-bond acceptors (Lipinski definition) is 1. The Kier molecular flexibility index (Phi) is 4.51. The molecule has 0 saturated heterocycles. The van der Waals surface area contributed by atoms with Gasteiger partial charge in [-0.3, -0.25) is 4.57 Å². The van der Waals surface area contributed by atoms with E-state index in [4.69, 9.17) is 0 Å². The van der Waals surface area contributed by atoms with E-state index < -0.39 is 37.4 Å². The summed E-state index contributed by atoms with van der Waals surface area (Å²) in [4.78, 5) is 18.4. The quantitative estimate of drug-likeness (QED) is 0.619. The molecule has 18 heavy (non-hydrogen) atoms. The Balaban J connectivity index is 3.08. The van der Waals surface area contributed by atoms with Crippen LogP contribution < -0.4 is 0 Å². The molecule has 0 bridgehead atoms. The van der Waals surface area contributed by atoms with Crippen LogP contribution in [0, 0.1) is 5.92 Å². The maximum atomic E-state index is 13.7. The fraction of sp³-hybridized carbons (Fsp3) is 1.00. The highest BCUT2D eigenvalue weighted by molar-refractivity contribution is 7.53. The molecule has 3 nitrogen and oxygen atoms in total. The van der Waals surface area contributed by atoms with Crippen LogP contribution in [0.2, 0.25) is 0 Å². The first-order valence-corrected chi connectivity index (χ1v) is 7.35. The van der Waals surface area contributed by atoms with Gasteiger partial charge in [0, 0.05) is 5.92 Å². The molecule has 0 amide bonds. The zero-order chi connectivity index (χ0) is 14.2. The molecule has 1 fully saturated rings. The maximum absolute atomic E-state index is 13.7. The molecule has 0 radical (unpaired) electrons. The van der Waals surface area contributed by atoms with Gasteiger partial charge in [0.15, 0.2) is 0 Å². The van der Waals surface area contributed by atoms with E-state index in [9.17, 15) is 31.9 Å². The number of alkyl halides is 4. The van der Waals surface area contributed by atoms with E-state index in [1.807, 2.05) is 0 Å². The van der Waals surface area contributed by atoms with Crippen molar-refractivity contribution in [2.45, 2.75) is 56.5 Å². The van der Waals surface area contributed by atoms with Crippen LogP contribution in [0.25, 0.3) is 0 Å². The molecule has 0 aromatic carbocycles. The second-order valence-corrected chi connectivity index (χ2v) is 7.21. The molecule has 1 saturated carbocycles. The maximum Gasteiger partial charge on any atom is 0.390 e. The van der Waals surface area contributed by atoms with Crippen molar-refractivity contribution in [3.05, 3.63) is 0 Å². The zero-order valence-electron chi connectivity index (χ0n) is 9.95. The van der Waals surface area contributed by atoms with Gasteiger partial charge >= 0.3 is 13.8 Å². The van der Waals surface area contributed by atoms with E-state index in [1.54, 1.807) is 0 Å². The van der Waals surface area contributed by atoms with Gasteiger partial charge in [-0.1, -0.05) is 12.8 Å². The minimum atomic E-state index is -5.05. The third-order valence-electron chi connectivity index (χ3n) is 3.70. The van der Waals surface area contributed by atoms with Crippen LogP contribution in [0.1, 0.15) is 39.0 Å². The minimum absolute atomic E-state index is 0.0676. The summed E-state index contributed by atoms with van der Waals surface area (Å²) in [5, 5.41) is -2.37. The van der Waals surface area contributed by atoms with Crippen LogP contribution in [0.15, 0.2) is 0 Å². The van der Waals surface area contributed by atoms with E-state index in [0.29, 0.717) is 12.8 Å². The Hall–Kier alpha value is -0.130. The van der Waals surface area contributed by atoms with Crippen LogP contribution in [0.5, 0.6) is 0 Å². The van der Waals surface area contributed by atoms with E-state index in [0.717, 1.165) is 6.92 Å². The molecule has 1 aliphatic carbocycles. The van der Waals surface area contributed by atoms with Gasteiger partial charge in [0.05, 0.1) is 11.6 Å². The summed E-state index contributed by atoms with van der Waals surface area (Å²) >= 11 is 0. The van der Waals surface area contributed by atoms with Crippen molar-refractivity contribution in [1.29, 1.82) is 0 Å². The summed E-state index contributed by atoms with van der Waals surface area (Å²) in [6.07, 6.45) is -6.78. The standard InChI is InChI=1S/C10H17F4O3P/c1-9(18(15,16)17,6-10(12,13)14)7-4-2-3-5-8(7)11/h7-8H,2-6H2,1H3,(H2,15,16,17). The fourth-order valence-electron chi connectivity index (χ4n) is 2.64. The van der Waals surface area contributed by atoms with Crippen molar-refractivity contribution in [3.8, 4) is 0 Å². The van der Waals surface area contributed by atoms with Gasteiger partial charge < -0.3 is 9.79 Å². The topological polar surface area (TPSA) is 57.5 Å². The van der Waals surface area contributed by atoms with Gasteiger partial charge in [-0.25, -0.2) is 4.39 Å². The molecule has 0 aromatic heterocycles. The highest BCUT2D eigenvalue weighted by Gasteiger charge is 2.57. The van der Waals surface area contributed by atoms with Crippen LogP contribution in [0.4, 0.5) is 17.6 Å². The van der Waals surface area contributed by atoms with E-state index >= 15 is 0 Å². The van der Waals surface area contributed by atoms with E-state index in [2.05, 4.69) is 0 Å². The highest BCUT2D eigenvalue weighted by Crippen LogP contribution is 2.61. The number of rotatable bonds is 3. The molecule has 0 aliphatic heterocycles. The normalized spacial score (nSPS) is 29.9. The first-order valence-electron chi connectivity index (χ1n) is 5.74. The lowest BCUT2D eigenvalue weighted by Gasteiger charge is -2.42. The molecule has 0 heterocycles. The minimum Gasteiger partial charge on any atom is -0.324 e. The molecular formula is C10H17F4O3P. The Labute approximate surface area is 103 Å². The lowest BCUT2D eigenvalue weighted by atomic mass is 9.77. The SMILES string of the molecule is CC(CC(F)(F)F)(C1CCCCC1F)P(=O)(O)O. The molecule has 3 atom stereocenters. The van der Waals surface area contributed by atoms with Crippen molar-refractivity contribution >= 4 is 7.60 Å². The zero-order valence-corrected chi connectivity index (χ0v) is 10.8. The lowest BCUT2D eigenvalue weighted by molar-refractivity contribution is -0.147. The molecule has 8 heteroatoms. The Bertz CT molecular complexity index is 341. The number of halogens is 4. The number of hydrogen-bond donors (Lipinski definition) is 2. The van der Waals surface area contributed by atoms with Gasteiger partial charge in [-0.15, -0.1) is 0 Å². The summed E-state index contributed by atoms with van der Waals surface area (Å²) in [6.45, 7) is 0.851. The molecule has 0 aromatic rings.